The van der Waals surface area contributed by atoms with Crippen LogP contribution in [-0.2, 0) is 11.3 Å². The highest BCUT2D eigenvalue weighted by molar-refractivity contribution is 6.30. The predicted octanol–water partition coefficient (Wildman–Crippen LogP) is 1.93. The number of nitrogens with zero attached hydrogens (tertiary/aromatic N) is 1. The van der Waals surface area contributed by atoms with Crippen LogP contribution in [0.1, 0.15) is 18.4 Å². The second-order valence-corrected chi connectivity index (χ2v) is 5.11. The molecule has 0 aromatic heterocycles. The van der Waals surface area contributed by atoms with Crippen LogP contribution < -0.4 is 15.8 Å². The first kappa shape index (κ1) is 14.9. The Kier molecular flexibility index (Phi) is 5.49. The van der Waals surface area contributed by atoms with E-state index < -0.39 is 0 Å². The summed E-state index contributed by atoms with van der Waals surface area (Å²) in [5, 5.41) is 3.72. The summed E-state index contributed by atoms with van der Waals surface area (Å²) in [5.74, 6) is 1.13. The van der Waals surface area contributed by atoms with Crippen LogP contribution in [0.15, 0.2) is 23.2 Å². The zero-order chi connectivity index (χ0) is 14.4. The standard InChI is InChI=1S/C14H20ClN3O2/c1-19-13-7-11(15)5-4-10(13)8-17-14(16)18-9-12-3-2-6-20-12/h4-5,7,12H,2-3,6,8-9H2,1H3,(H3,16,17,18). The number of halogens is 1. The summed E-state index contributed by atoms with van der Waals surface area (Å²) in [6, 6.07) is 5.46. The van der Waals surface area contributed by atoms with Crippen LogP contribution in [0.25, 0.3) is 0 Å². The monoisotopic (exact) mass is 297 g/mol. The van der Waals surface area contributed by atoms with Crippen molar-refractivity contribution in [1.29, 1.82) is 0 Å². The van der Waals surface area contributed by atoms with E-state index in [9.17, 15) is 0 Å². The molecule has 1 aliphatic heterocycles. The van der Waals surface area contributed by atoms with Gasteiger partial charge < -0.3 is 20.5 Å². The molecule has 0 saturated carbocycles. The average Bonchev–Trinajstić information content (AvgIpc) is 2.97. The number of hydrogen-bond acceptors (Lipinski definition) is 3. The van der Waals surface area contributed by atoms with Gasteiger partial charge in [0.25, 0.3) is 0 Å². The minimum absolute atomic E-state index is 0.244. The Hall–Kier alpha value is -1.46. The maximum Gasteiger partial charge on any atom is 0.189 e. The average molecular weight is 298 g/mol. The van der Waals surface area contributed by atoms with Crippen LogP contribution in [0, 0.1) is 0 Å². The van der Waals surface area contributed by atoms with Gasteiger partial charge in [-0.25, -0.2) is 4.99 Å². The predicted molar refractivity (Wildman–Crippen MR) is 80.3 cm³/mol. The molecule has 1 fully saturated rings. The van der Waals surface area contributed by atoms with Crippen molar-refractivity contribution in [3.63, 3.8) is 0 Å². The summed E-state index contributed by atoms with van der Waals surface area (Å²) in [7, 11) is 1.61. The fourth-order valence-electron chi connectivity index (χ4n) is 2.10. The lowest BCUT2D eigenvalue weighted by Gasteiger charge is -2.11. The van der Waals surface area contributed by atoms with E-state index in [4.69, 9.17) is 26.8 Å². The number of guanidine groups is 1. The molecule has 1 aromatic carbocycles. The number of nitrogens with two attached hydrogens (primary N) is 1. The molecule has 1 heterocycles. The minimum atomic E-state index is 0.244. The number of benzene rings is 1. The van der Waals surface area contributed by atoms with Gasteiger partial charge in [-0.05, 0) is 25.0 Å². The van der Waals surface area contributed by atoms with Gasteiger partial charge in [0.2, 0.25) is 0 Å². The Morgan fingerprint density at radius 1 is 1.60 bits per heavy atom. The molecule has 0 radical (unpaired) electrons. The van der Waals surface area contributed by atoms with Crippen molar-refractivity contribution < 1.29 is 9.47 Å². The molecule has 1 aliphatic rings. The first-order valence-corrected chi connectivity index (χ1v) is 7.04. The first-order chi connectivity index (χ1) is 9.69. The van der Waals surface area contributed by atoms with Crippen molar-refractivity contribution in [3.05, 3.63) is 28.8 Å². The van der Waals surface area contributed by atoms with Gasteiger partial charge in [0, 0.05) is 23.7 Å². The highest BCUT2D eigenvalue weighted by Crippen LogP contribution is 2.23. The molecule has 5 nitrogen and oxygen atoms in total. The van der Waals surface area contributed by atoms with E-state index in [0.717, 1.165) is 25.0 Å². The van der Waals surface area contributed by atoms with E-state index >= 15 is 0 Å². The quantitative estimate of drug-likeness (QED) is 0.644. The lowest BCUT2D eigenvalue weighted by atomic mass is 10.2. The maximum absolute atomic E-state index is 5.91. The molecule has 1 atom stereocenters. The Morgan fingerprint density at radius 3 is 3.15 bits per heavy atom. The second-order valence-electron chi connectivity index (χ2n) is 4.67. The highest BCUT2D eigenvalue weighted by atomic mass is 35.5. The Balaban J connectivity index is 1.87. The first-order valence-electron chi connectivity index (χ1n) is 6.67. The zero-order valence-electron chi connectivity index (χ0n) is 11.6. The molecule has 2 rings (SSSR count). The molecule has 1 unspecified atom stereocenters. The summed E-state index contributed by atoms with van der Waals surface area (Å²) >= 11 is 5.91. The lowest BCUT2D eigenvalue weighted by Crippen LogP contribution is -2.37. The molecular formula is C14H20ClN3O2. The molecule has 3 N–H and O–H groups in total. The SMILES string of the molecule is COc1cc(Cl)ccc1CN=C(N)NCC1CCCO1. The number of ether oxygens (including phenoxy) is 2. The van der Waals surface area contributed by atoms with Gasteiger partial charge in [0.15, 0.2) is 5.96 Å². The largest absolute Gasteiger partial charge is 0.496 e. The number of aliphatic imine (C=N–C) groups is 1. The molecule has 6 heteroatoms. The van der Waals surface area contributed by atoms with Crippen LogP contribution in [0.5, 0.6) is 5.75 Å². The van der Waals surface area contributed by atoms with Crippen LogP contribution in [0.4, 0.5) is 0 Å². The van der Waals surface area contributed by atoms with E-state index in [1.165, 1.54) is 0 Å². The van der Waals surface area contributed by atoms with Crippen molar-refractivity contribution in [2.45, 2.75) is 25.5 Å². The minimum Gasteiger partial charge on any atom is -0.496 e. The van der Waals surface area contributed by atoms with E-state index in [-0.39, 0.29) is 6.10 Å². The summed E-state index contributed by atoms with van der Waals surface area (Å²) < 4.78 is 10.8. The van der Waals surface area contributed by atoms with Crippen molar-refractivity contribution in [2.24, 2.45) is 10.7 Å². The van der Waals surface area contributed by atoms with Crippen molar-refractivity contribution in [2.75, 3.05) is 20.3 Å². The van der Waals surface area contributed by atoms with Gasteiger partial charge in [0.05, 0.1) is 19.8 Å². The van der Waals surface area contributed by atoms with Gasteiger partial charge in [-0.2, -0.15) is 0 Å². The van der Waals surface area contributed by atoms with Crippen molar-refractivity contribution in [3.8, 4) is 5.75 Å². The van der Waals surface area contributed by atoms with Gasteiger partial charge in [-0.15, -0.1) is 0 Å². The lowest BCUT2D eigenvalue weighted by molar-refractivity contribution is 0.114. The number of hydrogen-bond donors (Lipinski definition) is 2. The van der Waals surface area contributed by atoms with E-state index in [2.05, 4.69) is 10.3 Å². The third-order valence-corrected chi connectivity index (χ3v) is 3.44. The Morgan fingerprint density at radius 2 is 2.45 bits per heavy atom. The molecule has 110 valence electrons. The fraction of sp³-hybridized carbons (Fsp3) is 0.500. The van der Waals surface area contributed by atoms with Gasteiger partial charge >= 0.3 is 0 Å². The summed E-state index contributed by atoms with van der Waals surface area (Å²) in [6.07, 6.45) is 2.44. The molecule has 1 saturated heterocycles. The van der Waals surface area contributed by atoms with Crippen LogP contribution in [0.2, 0.25) is 5.02 Å². The number of nitrogens with one attached hydrogen (secondary N) is 1. The van der Waals surface area contributed by atoms with E-state index in [1.807, 2.05) is 12.1 Å². The topological polar surface area (TPSA) is 68.9 Å². The highest BCUT2D eigenvalue weighted by Gasteiger charge is 2.14. The van der Waals surface area contributed by atoms with E-state index in [0.29, 0.717) is 29.8 Å². The Bertz CT molecular complexity index is 473. The molecule has 1 aromatic rings. The number of rotatable bonds is 5. The molecular weight excluding hydrogens is 278 g/mol. The van der Waals surface area contributed by atoms with Crippen LogP contribution in [-0.4, -0.2) is 32.3 Å². The third-order valence-electron chi connectivity index (χ3n) is 3.20. The Labute approximate surface area is 124 Å². The third kappa shape index (κ3) is 4.28. The molecule has 0 amide bonds. The number of methoxy groups -OCH3 is 1. The summed E-state index contributed by atoms with van der Waals surface area (Å²) in [5.41, 5.74) is 6.78. The fourth-order valence-corrected chi connectivity index (χ4v) is 2.26. The second kappa shape index (κ2) is 7.36. The van der Waals surface area contributed by atoms with Gasteiger partial charge in [-0.3, -0.25) is 0 Å². The summed E-state index contributed by atoms with van der Waals surface area (Å²) in [6.45, 7) is 1.99. The normalized spacial score (nSPS) is 19.1. The summed E-state index contributed by atoms with van der Waals surface area (Å²) in [4.78, 5) is 4.30. The smallest absolute Gasteiger partial charge is 0.189 e. The molecule has 0 bridgehead atoms. The van der Waals surface area contributed by atoms with Crippen molar-refractivity contribution in [1.82, 2.24) is 5.32 Å². The molecule has 0 aliphatic carbocycles. The molecule has 20 heavy (non-hydrogen) atoms. The van der Waals surface area contributed by atoms with Crippen LogP contribution >= 0.6 is 11.6 Å². The maximum atomic E-state index is 5.91. The van der Waals surface area contributed by atoms with E-state index in [1.54, 1.807) is 13.2 Å². The van der Waals surface area contributed by atoms with Crippen molar-refractivity contribution >= 4 is 17.6 Å². The molecule has 0 spiro atoms. The van der Waals surface area contributed by atoms with Gasteiger partial charge in [0.1, 0.15) is 5.75 Å². The zero-order valence-corrected chi connectivity index (χ0v) is 12.3. The van der Waals surface area contributed by atoms with Crippen LogP contribution in [0.3, 0.4) is 0 Å². The van der Waals surface area contributed by atoms with Gasteiger partial charge in [-0.1, -0.05) is 17.7 Å².